The minimum Gasteiger partial charge on any atom is -0.0622 e. The molecule has 0 aromatic heterocycles. The lowest BCUT2D eigenvalue weighted by molar-refractivity contribution is 0.348. The van der Waals surface area contributed by atoms with Gasteiger partial charge in [-0.15, -0.1) is 0 Å². The normalized spacial score (nSPS) is 24.4. The largest absolute Gasteiger partial charge is 0.0622 e. The zero-order chi connectivity index (χ0) is 10.3. The minimum absolute atomic E-state index is 0.374. The lowest BCUT2D eigenvalue weighted by Crippen LogP contribution is -2.28. The van der Waals surface area contributed by atoms with E-state index in [1.165, 1.54) is 18.4 Å². The fraction of sp³-hybridized carbons (Fsp3) is 0.571. The zero-order valence-electron chi connectivity index (χ0n) is 9.72. The molecule has 0 fully saturated rings. The maximum absolute atomic E-state index is 2.38. The van der Waals surface area contributed by atoms with E-state index in [2.05, 4.69) is 45.9 Å². The van der Waals surface area contributed by atoms with Crippen LogP contribution in [0.25, 0.3) is 0 Å². The van der Waals surface area contributed by atoms with Crippen LogP contribution in [-0.2, 0) is 11.8 Å². The highest BCUT2D eigenvalue weighted by molar-refractivity contribution is 5.39. The Balaban J connectivity index is 2.53. The van der Waals surface area contributed by atoms with E-state index in [1.54, 1.807) is 11.1 Å². The van der Waals surface area contributed by atoms with E-state index >= 15 is 0 Å². The molecule has 0 heterocycles. The summed E-state index contributed by atoms with van der Waals surface area (Å²) in [6.45, 7) is 9.31. The Bertz CT molecular complexity index is 347. The molecule has 14 heavy (non-hydrogen) atoms. The van der Waals surface area contributed by atoms with Gasteiger partial charge in [-0.2, -0.15) is 0 Å². The molecule has 0 amide bonds. The zero-order valence-corrected chi connectivity index (χ0v) is 9.72. The molecule has 0 bridgehead atoms. The lowest BCUT2D eigenvalue weighted by Gasteiger charge is -2.36. The summed E-state index contributed by atoms with van der Waals surface area (Å²) in [5.41, 5.74) is 4.92. The van der Waals surface area contributed by atoms with Gasteiger partial charge >= 0.3 is 0 Å². The van der Waals surface area contributed by atoms with E-state index in [4.69, 9.17) is 0 Å². The summed E-state index contributed by atoms with van der Waals surface area (Å²) in [7, 11) is 0. The van der Waals surface area contributed by atoms with Gasteiger partial charge in [-0.3, -0.25) is 0 Å². The topological polar surface area (TPSA) is 0 Å². The second kappa shape index (κ2) is 3.12. The quantitative estimate of drug-likeness (QED) is 0.580. The Labute approximate surface area is 87.3 Å². The van der Waals surface area contributed by atoms with Crippen molar-refractivity contribution in [3.8, 4) is 0 Å². The van der Waals surface area contributed by atoms with Crippen LogP contribution in [0.4, 0.5) is 0 Å². The number of hydrogen-bond donors (Lipinski definition) is 0. The van der Waals surface area contributed by atoms with E-state index < -0.39 is 0 Å². The van der Waals surface area contributed by atoms with Crippen molar-refractivity contribution in [3.05, 3.63) is 34.9 Å². The molecule has 1 atom stereocenters. The molecule has 1 aromatic rings. The van der Waals surface area contributed by atoms with Gasteiger partial charge in [0.05, 0.1) is 0 Å². The van der Waals surface area contributed by atoms with E-state index in [1.807, 2.05) is 0 Å². The first kappa shape index (κ1) is 9.76. The molecular formula is C14H20. The van der Waals surface area contributed by atoms with Crippen molar-refractivity contribution in [2.75, 3.05) is 0 Å². The molecule has 0 nitrogen and oxygen atoms in total. The highest BCUT2D eigenvalue weighted by Gasteiger charge is 2.30. The SMILES string of the molecule is Cc1ccc2c(c1)C(C)(C)CC(C)C2. The highest BCUT2D eigenvalue weighted by atomic mass is 14.3. The monoisotopic (exact) mass is 188 g/mol. The number of hydrogen-bond acceptors (Lipinski definition) is 0. The third-order valence-corrected chi connectivity index (χ3v) is 3.42. The second-order valence-corrected chi connectivity index (χ2v) is 5.56. The molecule has 0 N–H and O–H groups in total. The average Bonchev–Trinajstić information content (AvgIpc) is 2.05. The smallest absolute Gasteiger partial charge is 0.00981 e. The molecule has 0 saturated carbocycles. The summed E-state index contributed by atoms with van der Waals surface area (Å²) >= 11 is 0. The van der Waals surface area contributed by atoms with Gasteiger partial charge in [0.25, 0.3) is 0 Å². The van der Waals surface area contributed by atoms with Gasteiger partial charge in [-0.25, -0.2) is 0 Å². The van der Waals surface area contributed by atoms with Gasteiger partial charge in [0.15, 0.2) is 0 Å². The number of fused-ring (bicyclic) bond motifs is 1. The summed E-state index contributed by atoms with van der Waals surface area (Å²) in [5, 5.41) is 0. The molecule has 76 valence electrons. The van der Waals surface area contributed by atoms with Crippen molar-refractivity contribution in [2.45, 2.75) is 46.0 Å². The summed E-state index contributed by atoms with van der Waals surface area (Å²) < 4.78 is 0. The van der Waals surface area contributed by atoms with Crippen molar-refractivity contribution in [1.29, 1.82) is 0 Å². The van der Waals surface area contributed by atoms with Crippen LogP contribution in [0.1, 0.15) is 43.9 Å². The molecular weight excluding hydrogens is 168 g/mol. The van der Waals surface area contributed by atoms with E-state index in [9.17, 15) is 0 Å². The third-order valence-electron chi connectivity index (χ3n) is 3.42. The molecule has 0 spiro atoms. The second-order valence-electron chi connectivity index (χ2n) is 5.56. The molecule has 1 aromatic carbocycles. The van der Waals surface area contributed by atoms with Crippen molar-refractivity contribution >= 4 is 0 Å². The van der Waals surface area contributed by atoms with Crippen LogP contribution in [0.15, 0.2) is 18.2 Å². The Kier molecular flexibility index (Phi) is 2.17. The van der Waals surface area contributed by atoms with Crippen LogP contribution in [0, 0.1) is 12.8 Å². The number of aryl methyl sites for hydroxylation is 1. The molecule has 2 rings (SSSR count). The summed E-state index contributed by atoms with van der Waals surface area (Å²) in [5.74, 6) is 0.834. The number of rotatable bonds is 0. The number of benzene rings is 1. The summed E-state index contributed by atoms with van der Waals surface area (Å²) in [4.78, 5) is 0. The average molecular weight is 188 g/mol. The first-order chi connectivity index (χ1) is 6.49. The van der Waals surface area contributed by atoms with E-state index in [0.29, 0.717) is 5.41 Å². The van der Waals surface area contributed by atoms with Gasteiger partial charge in [0, 0.05) is 0 Å². The third kappa shape index (κ3) is 1.58. The standard InChI is InChI=1S/C14H20/c1-10-5-6-12-7-11(2)9-14(3,4)13(12)8-10/h5-6,8,11H,7,9H2,1-4H3. The van der Waals surface area contributed by atoms with Crippen LogP contribution in [0.2, 0.25) is 0 Å². The van der Waals surface area contributed by atoms with Gasteiger partial charge < -0.3 is 0 Å². The molecule has 1 aliphatic rings. The Morgan fingerprint density at radius 1 is 1.29 bits per heavy atom. The van der Waals surface area contributed by atoms with Gasteiger partial charge in [-0.05, 0) is 42.2 Å². The predicted molar refractivity (Wildman–Crippen MR) is 61.7 cm³/mol. The minimum atomic E-state index is 0.374. The van der Waals surface area contributed by atoms with E-state index in [0.717, 1.165) is 5.92 Å². The van der Waals surface area contributed by atoms with Crippen LogP contribution in [-0.4, -0.2) is 0 Å². The molecule has 0 heteroatoms. The molecule has 0 aliphatic heterocycles. The van der Waals surface area contributed by atoms with E-state index in [-0.39, 0.29) is 0 Å². The Morgan fingerprint density at radius 3 is 2.71 bits per heavy atom. The van der Waals surface area contributed by atoms with Crippen molar-refractivity contribution in [3.63, 3.8) is 0 Å². The van der Waals surface area contributed by atoms with Crippen molar-refractivity contribution in [2.24, 2.45) is 5.92 Å². The fourth-order valence-electron chi connectivity index (χ4n) is 2.93. The maximum atomic E-state index is 2.38. The van der Waals surface area contributed by atoms with Crippen LogP contribution < -0.4 is 0 Å². The Hall–Kier alpha value is -0.780. The molecule has 0 saturated heterocycles. The summed E-state index contributed by atoms with van der Waals surface area (Å²) in [6, 6.07) is 6.94. The molecule has 0 radical (unpaired) electrons. The lowest BCUT2D eigenvalue weighted by atomic mass is 9.68. The van der Waals surface area contributed by atoms with Crippen molar-refractivity contribution in [1.82, 2.24) is 0 Å². The first-order valence-corrected chi connectivity index (χ1v) is 5.59. The van der Waals surface area contributed by atoms with Crippen LogP contribution in [0.3, 0.4) is 0 Å². The predicted octanol–water partition coefficient (Wildman–Crippen LogP) is 3.85. The molecule has 1 aliphatic carbocycles. The molecule has 1 unspecified atom stereocenters. The van der Waals surface area contributed by atoms with Crippen LogP contribution in [0.5, 0.6) is 0 Å². The first-order valence-electron chi connectivity index (χ1n) is 5.59. The fourth-order valence-corrected chi connectivity index (χ4v) is 2.93. The van der Waals surface area contributed by atoms with Gasteiger partial charge in [0.1, 0.15) is 0 Å². The maximum Gasteiger partial charge on any atom is -0.00981 e. The van der Waals surface area contributed by atoms with Gasteiger partial charge in [0.2, 0.25) is 0 Å². The highest BCUT2D eigenvalue weighted by Crippen LogP contribution is 2.39. The summed E-state index contributed by atoms with van der Waals surface area (Å²) in [6.07, 6.45) is 2.59. The van der Waals surface area contributed by atoms with Gasteiger partial charge in [-0.1, -0.05) is 44.5 Å². The van der Waals surface area contributed by atoms with Crippen molar-refractivity contribution < 1.29 is 0 Å². The Morgan fingerprint density at radius 2 is 2.00 bits per heavy atom. The van der Waals surface area contributed by atoms with Crippen LogP contribution >= 0.6 is 0 Å².